The van der Waals surface area contributed by atoms with Crippen molar-refractivity contribution >= 4 is 28.9 Å². The van der Waals surface area contributed by atoms with Crippen LogP contribution in [-0.4, -0.2) is 12.5 Å². The number of hydrogen-bond acceptors (Lipinski definition) is 3. The van der Waals surface area contributed by atoms with E-state index in [-0.39, 0.29) is 11.8 Å². The lowest BCUT2D eigenvalue weighted by atomic mass is 9.92. The predicted octanol–water partition coefficient (Wildman–Crippen LogP) is 3.43. The lowest BCUT2D eigenvalue weighted by Crippen LogP contribution is -2.26. The zero-order valence-electron chi connectivity index (χ0n) is 11.3. The second-order valence-corrected chi connectivity index (χ2v) is 5.36. The van der Waals surface area contributed by atoms with E-state index in [1.807, 2.05) is 24.3 Å². The molecule has 1 aliphatic heterocycles. The number of halogens is 1. The van der Waals surface area contributed by atoms with Crippen molar-refractivity contribution in [1.82, 2.24) is 0 Å². The van der Waals surface area contributed by atoms with Crippen molar-refractivity contribution in [3.8, 4) is 5.75 Å². The molecule has 5 heteroatoms. The molecule has 0 spiro atoms. The second-order valence-electron chi connectivity index (χ2n) is 4.96. The number of nitrogens with one attached hydrogen (secondary N) is 1. The first kappa shape index (κ1) is 13.8. The van der Waals surface area contributed by atoms with E-state index in [4.69, 9.17) is 22.1 Å². The van der Waals surface area contributed by atoms with E-state index in [1.54, 1.807) is 18.2 Å². The number of rotatable bonds is 2. The van der Waals surface area contributed by atoms with Crippen LogP contribution in [-0.2, 0) is 4.79 Å². The molecule has 3 N–H and O–H groups in total. The average molecular weight is 303 g/mol. The molecule has 1 atom stereocenters. The lowest BCUT2D eigenvalue weighted by Gasteiger charge is -2.25. The van der Waals surface area contributed by atoms with E-state index in [9.17, 15) is 4.79 Å². The first-order chi connectivity index (χ1) is 10.1. The summed E-state index contributed by atoms with van der Waals surface area (Å²) in [5.74, 6) is 0.452. The summed E-state index contributed by atoms with van der Waals surface area (Å²) >= 11 is 6.09. The third-order valence-corrected chi connectivity index (χ3v) is 3.84. The summed E-state index contributed by atoms with van der Waals surface area (Å²) in [5, 5.41) is 3.30. The minimum atomic E-state index is -0.233. The maximum Gasteiger partial charge on any atom is 0.232 e. The molecule has 1 heterocycles. The minimum absolute atomic E-state index is 0.0857. The van der Waals surface area contributed by atoms with E-state index in [0.29, 0.717) is 29.4 Å². The number of ether oxygens (including phenoxy) is 1. The van der Waals surface area contributed by atoms with Crippen LogP contribution >= 0.6 is 11.6 Å². The summed E-state index contributed by atoms with van der Waals surface area (Å²) in [7, 11) is 0. The van der Waals surface area contributed by atoms with E-state index in [0.717, 1.165) is 11.3 Å². The summed E-state index contributed by atoms with van der Waals surface area (Å²) in [6.07, 6.45) is 0.648. The Kier molecular flexibility index (Phi) is 3.71. The van der Waals surface area contributed by atoms with Crippen LogP contribution in [0.15, 0.2) is 42.5 Å². The lowest BCUT2D eigenvalue weighted by molar-refractivity contribution is -0.118. The zero-order valence-corrected chi connectivity index (χ0v) is 12.1. The molecule has 2 aromatic rings. The maximum atomic E-state index is 12.5. The standard InChI is InChI=1S/C16H15ClN2O2/c17-13-9-10(18)5-6-14(13)19-16(20)12-7-8-21-15-4-2-1-3-11(12)15/h1-6,9,12H,7-8,18H2,(H,19,20). The highest BCUT2D eigenvalue weighted by atomic mass is 35.5. The van der Waals surface area contributed by atoms with Crippen LogP contribution in [0, 0.1) is 0 Å². The quantitative estimate of drug-likeness (QED) is 0.835. The summed E-state index contributed by atoms with van der Waals surface area (Å²) in [4.78, 5) is 12.5. The van der Waals surface area contributed by atoms with Gasteiger partial charge in [0.1, 0.15) is 5.75 Å². The number of para-hydroxylation sites is 1. The third kappa shape index (κ3) is 2.81. The van der Waals surface area contributed by atoms with Gasteiger partial charge in [-0.05, 0) is 30.7 Å². The van der Waals surface area contributed by atoms with Gasteiger partial charge in [0.25, 0.3) is 0 Å². The van der Waals surface area contributed by atoms with Gasteiger partial charge >= 0.3 is 0 Å². The monoisotopic (exact) mass is 302 g/mol. The molecule has 1 unspecified atom stereocenters. The van der Waals surface area contributed by atoms with Crippen LogP contribution in [0.1, 0.15) is 17.9 Å². The Hall–Kier alpha value is -2.20. The van der Waals surface area contributed by atoms with Crippen LogP contribution in [0.25, 0.3) is 0 Å². The Labute approximate surface area is 127 Å². The Morgan fingerprint density at radius 3 is 2.90 bits per heavy atom. The van der Waals surface area contributed by atoms with Crippen molar-refractivity contribution in [3.05, 3.63) is 53.1 Å². The molecule has 0 fully saturated rings. The smallest absolute Gasteiger partial charge is 0.232 e. The Morgan fingerprint density at radius 1 is 1.29 bits per heavy atom. The summed E-state index contributed by atoms with van der Waals surface area (Å²) in [6, 6.07) is 12.6. The SMILES string of the molecule is Nc1ccc(NC(=O)C2CCOc3ccccc32)c(Cl)c1. The summed E-state index contributed by atoms with van der Waals surface area (Å²) in [6.45, 7) is 0.532. The maximum absolute atomic E-state index is 12.5. The van der Waals surface area contributed by atoms with Gasteiger partial charge in [-0.3, -0.25) is 4.79 Å². The molecule has 0 aliphatic carbocycles. The highest BCUT2D eigenvalue weighted by Crippen LogP contribution is 2.34. The summed E-state index contributed by atoms with van der Waals surface area (Å²) < 4.78 is 5.57. The second kappa shape index (κ2) is 5.66. The van der Waals surface area contributed by atoms with Gasteiger partial charge in [0.05, 0.1) is 23.2 Å². The van der Waals surface area contributed by atoms with E-state index >= 15 is 0 Å². The number of fused-ring (bicyclic) bond motifs is 1. The van der Waals surface area contributed by atoms with E-state index in [1.165, 1.54) is 0 Å². The molecule has 0 radical (unpaired) electrons. The van der Waals surface area contributed by atoms with Gasteiger partial charge < -0.3 is 15.8 Å². The van der Waals surface area contributed by atoms with Gasteiger partial charge in [0, 0.05) is 11.3 Å². The van der Waals surface area contributed by atoms with Crippen molar-refractivity contribution in [2.24, 2.45) is 0 Å². The Bertz CT molecular complexity index is 688. The fourth-order valence-corrected chi connectivity index (χ4v) is 2.70. The Balaban J connectivity index is 1.83. The van der Waals surface area contributed by atoms with Gasteiger partial charge in [-0.2, -0.15) is 0 Å². The van der Waals surface area contributed by atoms with Crippen molar-refractivity contribution < 1.29 is 9.53 Å². The fraction of sp³-hybridized carbons (Fsp3) is 0.188. The van der Waals surface area contributed by atoms with Crippen LogP contribution in [0.2, 0.25) is 5.02 Å². The molecule has 2 aromatic carbocycles. The molecule has 21 heavy (non-hydrogen) atoms. The first-order valence-electron chi connectivity index (χ1n) is 6.73. The fourth-order valence-electron chi connectivity index (χ4n) is 2.47. The predicted molar refractivity (Wildman–Crippen MR) is 83.8 cm³/mol. The molecule has 0 bridgehead atoms. The molecule has 0 saturated heterocycles. The van der Waals surface area contributed by atoms with Crippen LogP contribution in [0.5, 0.6) is 5.75 Å². The number of nitrogen functional groups attached to an aromatic ring is 1. The Morgan fingerprint density at radius 2 is 2.10 bits per heavy atom. The van der Waals surface area contributed by atoms with Crippen LogP contribution in [0.3, 0.4) is 0 Å². The molecule has 3 rings (SSSR count). The number of amides is 1. The molecule has 0 aromatic heterocycles. The molecule has 1 aliphatic rings. The number of anilines is 2. The van der Waals surface area contributed by atoms with Crippen LogP contribution < -0.4 is 15.8 Å². The summed E-state index contributed by atoms with van der Waals surface area (Å²) in [5.41, 5.74) is 7.69. The normalized spacial score (nSPS) is 16.7. The number of carbonyl (C=O) groups is 1. The van der Waals surface area contributed by atoms with Crippen molar-refractivity contribution in [3.63, 3.8) is 0 Å². The largest absolute Gasteiger partial charge is 0.493 e. The van der Waals surface area contributed by atoms with E-state index in [2.05, 4.69) is 5.32 Å². The topological polar surface area (TPSA) is 64.3 Å². The zero-order chi connectivity index (χ0) is 14.8. The molecule has 108 valence electrons. The van der Waals surface area contributed by atoms with Gasteiger partial charge in [-0.25, -0.2) is 0 Å². The molecule has 0 saturated carbocycles. The van der Waals surface area contributed by atoms with Crippen molar-refractivity contribution in [2.75, 3.05) is 17.7 Å². The molecule has 4 nitrogen and oxygen atoms in total. The molecule has 1 amide bonds. The molecular formula is C16H15ClN2O2. The number of benzene rings is 2. The number of nitrogens with two attached hydrogens (primary N) is 1. The number of carbonyl (C=O) groups excluding carboxylic acids is 1. The third-order valence-electron chi connectivity index (χ3n) is 3.53. The first-order valence-corrected chi connectivity index (χ1v) is 7.10. The highest BCUT2D eigenvalue weighted by molar-refractivity contribution is 6.34. The van der Waals surface area contributed by atoms with Crippen molar-refractivity contribution in [2.45, 2.75) is 12.3 Å². The van der Waals surface area contributed by atoms with Gasteiger partial charge in [0.15, 0.2) is 0 Å². The molecular weight excluding hydrogens is 288 g/mol. The van der Waals surface area contributed by atoms with Gasteiger partial charge in [0.2, 0.25) is 5.91 Å². The van der Waals surface area contributed by atoms with E-state index < -0.39 is 0 Å². The minimum Gasteiger partial charge on any atom is -0.493 e. The van der Waals surface area contributed by atoms with Gasteiger partial charge in [-0.1, -0.05) is 29.8 Å². The van der Waals surface area contributed by atoms with Crippen molar-refractivity contribution in [1.29, 1.82) is 0 Å². The van der Waals surface area contributed by atoms with Gasteiger partial charge in [-0.15, -0.1) is 0 Å². The average Bonchev–Trinajstić information content (AvgIpc) is 2.49. The van der Waals surface area contributed by atoms with Crippen LogP contribution in [0.4, 0.5) is 11.4 Å². The highest BCUT2D eigenvalue weighted by Gasteiger charge is 2.27. The number of hydrogen-bond donors (Lipinski definition) is 2.